The Morgan fingerprint density at radius 3 is 2.59 bits per heavy atom. The van der Waals surface area contributed by atoms with E-state index in [-0.39, 0.29) is 18.3 Å². The van der Waals surface area contributed by atoms with Gasteiger partial charge in [0.25, 0.3) is 0 Å². The number of nitrogens with zero attached hydrogens (tertiary/aromatic N) is 1. The van der Waals surface area contributed by atoms with Crippen molar-refractivity contribution in [3.05, 3.63) is 28.2 Å². The van der Waals surface area contributed by atoms with E-state index >= 15 is 0 Å². The van der Waals surface area contributed by atoms with Crippen LogP contribution >= 0.6 is 23.2 Å². The summed E-state index contributed by atoms with van der Waals surface area (Å²) in [5.41, 5.74) is 0.285. The van der Waals surface area contributed by atoms with E-state index < -0.39 is 12.2 Å². The lowest BCUT2D eigenvalue weighted by Gasteiger charge is -2.21. The number of benzene rings is 1. The molecule has 2 amide bonds. The van der Waals surface area contributed by atoms with Crippen molar-refractivity contribution in [2.45, 2.75) is 33.3 Å². The Morgan fingerprint density at radius 2 is 2.00 bits per heavy atom. The first kappa shape index (κ1) is 18.4. The summed E-state index contributed by atoms with van der Waals surface area (Å²) in [4.78, 5) is 28.6. The van der Waals surface area contributed by atoms with E-state index in [1.54, 1.807) is 19.9 Å². The van der Waals surface area contributed by atoms with Crippen molar-refractivity contribution in [1.29, 1.82) is 0 Å². The highest BCUT2D eigenvalue weighted by Gasteiger charge is 2.21. The molecule has 0 aliphatic heterocycles. The standard InChI is InChI=1S/C14H18Cl2N2O4/c1-4-7-18(14(20)21-9(2)3)22-13(19)17-12-8-10(15)5-6-11(12)16/h5-6,8-9H,4,7H2,1-3H3,(H,17,19). The third-order valence-electron chi connectivity index (χ3n) is 2.33. The summed E-state index contributed by atoms with van der Waals surface area (Å²) in [5.74, 6) is 0. The maximum absolute atomic E-state index is 11.9. The Labute approximate surface area is 139 Å². The second kappa shape index (κ2) is 8.70. The van der Waals surface area contributed by atoms with Crippen LogP contribution in [0.2, 0.25) is 10.0 Å². The zero-order valence-corrected chi connectivity index (χ0v) is 14.1. The van der Waals surface area contributed by atoms with Crippen molar-refractivity contribution in [1.82, 2.24) is 5.06 Å². The fourth-order valence-corrected chi connectivity index (χ4v) is 1.80. The van der Waals surface area contributed by atoms with Crippen LogP contribution in [0.4, 0.5) is 15.3 Å². The molecule has 1 aromatic rings. The smallest absolute Gasteiger partial charge is 0.443 e. The number of nitrogens with one attached hydrogen (secondary N) is 1. The predicted molar refractivity (Wildman–Crippen MR) is 85.2 cm³/mol. The second-order valence-electron chi connectivity index (χ2n) is 4.66. The summed E-state index contributed by atoms with van der Waals surface area (Å²) < 4.78 is 4.99. The quantitative estimate of drug-likeness (QED) is 0.799. The molecule has 1 aromatic carbocycles. The number of amides is 2. The molecule has 0 bridgehead atoms. The number of ether oxygens (including phenoxy) is 1. The average Bonchev–Trinajstić information content (AvgIpc) is 2.41. The van der Waals surface area contributed by atoms with Crippen LogP contribution in [-0.2, 0) is 9.57 Å². The minimum Gasteiger partial charge on any atom is -0.445 e. The molecule has 122 valence electrons. The van der Waals surface area contributed by atoms with E-state index in [0.29, 0.717) is 16.5 Å². The first-order valence-corrected chi connectivity index (χ1v) is 7.51. The summed E-state index contributed by atoms with van der Waals surface area (Å²) >= 11 is 11.8. The molecule has 0 fully saturated rings. The molecular formula is C14H18Cl2N2O4. The number of carbonyl (C=O) groups is 2. The summed E-state index contributed by atoms with van der Waals surface area (Å²) in [6.45, 7) is 5.45. The van der Waals surface area contributed by atoms with Gasteiger partial charge in [-0.2, -0.15) is 0 Å². The molecule has 0 aromatic heterocycles. The minimum absolute atomic E-state index is 0.211. The first-order valence-electron chi connectivity index (χ1n) is 6.75. The van der Waals surface area contributed by atoms with Crippen molar-refractivity contribution in [3.63, 3.8) is 0 Å². The van der Waals surface area contributed by atoms with E-state index in [0.717, 1.165) is 5.06 Å². The summed E-state index contributed by atoms with van der Waals surface area (Å²) in [7, 11) is 0. The lowest BCUT2D eigenvalue weighted by molar-refractivity contribution is -0.0837. The van der Waals surface area contributed by atoms with E-state index in [1.165, 1.54) is 12.1 Å². The van der Waals surface area contributed by atoms with Crippen molar-refractivity contribution in [3.8, 4) is 0 Å². The molecule has 0 aliphatic rings. The van der Waals surface area contributed by atoms with Gasteiger partial charge in [0.15, 0.2) is 0 Å². The van der Waals surface area contributed by atoms with E-state index in [2.05, 4.69) is 5.32 Å². The molecule has 22 heavy (non-hydrogen) atoms. The van der Waals surface area contributed by atoms with Crippen LogP contribution < -0.4 is 5.32 Å². The molecule has 0 atom stereocenters. The van der Waals surface area contributed by atoms with E-state index in [1.807, 2.05) is 6.92 Å². The average molecular weight is 349 g/mol. The van der Waals surface area contributed by atoms with Crippen molar-refractivity contribution >= 4 is 41.1 Å². The fraction of sp³-hybridized carbons (Fsp3) is 0.429. The summed E-state index contributed by atoms with van der Waals surface area (Å²) in [6, 6.07) is 4.60. The largest absolute Gasteiger partial charge is 0.445 e. The number of halogens is 2. The van der Waals surface area contributed by atoms with Gasteiger partial charge in [0, 0.05) is 5.02 Å². The zero-order chi connectivity index (χ0) is 16.7. The minimum atomic E-state index is -0.863. The van der Waals surface area contributed by atoms with Gasteiger partial charge in [-0.25, -0.2) is 9.59 Å². The normalized spacial score (nSPS) is 10.3. The molecule has 0 radical (unpaired) electrons. The number of rotatable bonds is 4. The Bertz CT molecular complexity index is 538. The number of hydroxylamine groups is 2. The highest BCUT2D eigenvalue weighted by Crippen LogP contribution is 2.25. The molecule has 0 saturated heterocycles. The van der Waals surface area contributed by atoms with E-state index in [4.69, 9.17) is 32.8 Å². The molecule has 0 unspecified atom stereocenters. The molecular weight excluding hydrogens is 331 g/mol. The van der Waals surface area contributed by atoms with Gasteiger partial charge >= 0.3 is 12.2 Å². The predicted octanol–water partition coefficient (Wildman–Crippen LogP) is 4.71. The van der Waals surface area contributed by atoms with E-state index in [9.17, 15) is 9.59 Å². The third-order valence-corrected chi connectivity index (χ3v) is 2.89. The van der Waals surface area contributed by atoms with Crippen LogP contribution in [0.3, 0.4) is 0 Å². The lowest BCUT2D eigenvalue weighted by Crippen LogP contribution is -2.37. The van der Waals surface area contributed by atoms with Gasteiger partial charge in [0.05, 0.1) is 23.4 Å². The van der Waals surface area contributed by atoms with Gasteiger partial charge in [-0.15, -0.1) is 5.06 Å². The van der Waals surface area contributed by atoms with Crippen LogP contribution in [0, 0.1) is 0 Å². The molecule has 6 nitrogen and oxygen atoms in total. The van der Waals surface area contributed by atoms with Gasteiger partial charge in [-0.05, 0) is 38.5 Å². The molecule has 8 heteroatoms. The summed E-state index contributed by atoms with van der Waals surface area (Å²) in [5, 5.41) is 3.98. The second-order valence-corrected chi connectivity index (χ2v) is 5.51. The van der Waals surface area contributed by atoms with Crippen molar-refractivity contribution in [2.75, 3.05) is 11.9 Å². The molecule has 1 rings (SSSR count). The van der Waals surface area contributed by atoms with Gasteiger partial charge in [0.2, 0.25) is 0 Å². The maximum Gasteiger partial charge on any atom is 0.443 e. The Morgan fingerprint density at radius 1 is 1.32 bits per heavy atom. The Hall–Kier alpha value is -1.66. The Kier molecular flexibility index (Phi) is 7.27. The first-order chi connectivity index (χ1) is 10.3. The van der Waals surface area contributed by atoms with Crippen LogP contribution in [0.5, 0.6) is 0 Å². The van der Waals surface area contributed by atoms with Gasteiger partial charge < -0.3 is 9.57 Å². The lowest BCUT2D eigenvalue weighted by atomic mass is 10.3. The number of hydrogen-bond acceptors (Lipinski definition) is 4. The monoisotopic (exact) mass is 348 g/mol. The summed E-state index contributed by atoms with van der Waals surface area (Å²) in [6.07, 6.45) is -1.32. The molecule has 0 saturated carbocycles. The van der Waals surface area contributed by atoms with Crippen LogP contribution in [-0.4, -0.2) is 29.9 Å². The van der Waals surface area contributed by atoms with Gasteiger partial charge in [0.1, 0.15) is 0 Å². The Balaban J connectivity index is 2.70. The van der Waals surface area contributed by atoms with Crippen LogP contribution in [0.1, 0.15) is 27.2 Å². The van der Waals surface area contributed by atoms with Gasteiger partial charge in [-0.3, -0.25) is 5.32 Å². The van der Waals surface area contributed by atoms with Crippen molar-refractivity contribution < 1.29 is 19.2 Å². The van der Waals surface area contributed by atoms with Crippen molar-refractivity contribution in [2.24, 2.45) is 0 Å². The third kappa shape index (κ3) is 5.99. The number of anilines is 1. The molecule has 0 spiro atoms. The topological polar surface area (TPSA) is 67.9 Å². The highest BCUT2D eigenvalue weighted by molar-refractivity contribution is 6.35. The highest BCUT2D eigenvalue weighted by atomic mass is 35.5. The molecule has 0 aliphatic carbocycles. The zero-order valence-electron chi connectivity index (χ0n) is 12.6. The SMILES string of the molecule is CCCN(OC(=O)Nc1cc(Cl)ccc1Cl)C(=O)OC(C)C. The molecule has 0 heterocycles. The fourth-order valence-electron chi connectivity index (χ4n) is 1.46. The van der Waals surface area contributed by atoms with Crippen LogP contribution in [0.15, 0.2) is 18.2 Å². The molecule has 1 N–H and O–H groups in total. The van der Waals surface area contributed by atoms with Crippen LogP contribution in [0.25, 0.3) is 0 Å². The number of hydrogen-bond donors (Lipinski definition) is 1. The number of carbonyl (C=O) groups excluding carboxylic acids is 2. The maximum atomic E-state index is 11.9. The van der Waals surface area contributed by atoms with Gasteiger partial charge in [-0.1, -0.05) is 30.1 Å².